The maximum absolute atomic E-state index is 13.0. The number of aromatic nitrogens is 3. The highest BCUT2D eigenvalue weighted by Crippen LogP contribution is 2.30. The van der Waals surface area contributed by atoms with Crippen LogP contribution >= 0.6 is 11.3 Å². The van der Waals surface area contributed by atoms with Crippen LogP contribution in [0.2, 0.25) is 0 Å². The lowest BCUT2D eigenvalue weighted by Gasteiger charge is -2.03. The zero-order chi connectivity index (χ0) is 19.0. The number of para-hydroxylation sites is 2. The summed E-state index contributed by atoms with van der Waals surface area (Å²) in [7, 11) is 3.43. The second-order valence-corrected chi connectivity index (χ2v) is 6.90. The van der Waals surface area contributed by atoms with Crippen molar-refractivity contribution >= 4 is 44.8 Å². The first kappa shape index (κ1) is 17.0. The van der Waals surface area contributed by atoms with Crippen molar-refractivity contribution in [3.63, 3.8) is 0 Å². The Kier molecular flexibility index (Phi) is 4.25. The molecule has 4 rings (SSSR count). The zero-order valence-corrected chi connectivity index (χ0v) is 15.6. The number of carbonyl (C=O) groups excluding carboxylic acids is 1. The number of nitrogens with two attached hydrogens (primary N) is 1. The Morgan fingerprint density at radius 3 is 2.59 bits per heavy atom. The number of aryl methyl sites for hydroxylation is 1. The lowest BCUT2D eigenvalue weighted by Crippen LogP contribution is -2.09. The number of nitrogens with one attached hydrogen (secondary N) is 1. The molecule has 0 aliphatic heterocycles. The Morgan fingerprint density at radius 1 is 1.15 bits per heavy atom. The number of rotatable bonds is 5. The van der Waals surface area contributed by atoms with E-state index < -0.39 is 0 Å². The monoisotopic (exact) mass is 379 g/mol. The molecule has 0 aliphatic carbocycles. The predicted octanol–water partition coefficient (Wildman–Crippen LogP) is 3.60. The van der Waals surface area contributed by atoms with Crippen LogP contribution in [0.25, 0.3) is 11.0 Å². The highest BCUT2D eigenvalue weighted by molar-refractivity contribution is 7.18. The van der Waals surface area contributed by atoms with Gasteiger partial charge < -0.3 is 20.4 Å². The molecule has 0 bridgehead atoms. The lowest BCUT2D eigenvalue weighted by atomic mass is 10.3. The Balaban J connectivity index is 1.63. The van der Waals surface area contributed by atoms with E-state index in [1.54, 1.807) is 11.7 Å². The highest BCUT2D eigenvalue weighted by Gasteiger charge is 2.23. The molecule has 136 valence electrons. The van der Waals surface area contributed by atoms with Crippen LogP contribution < -0.4 is 15.8 Å². The number of nitrogens with zero attached hydrogens (tertiary/aromatic N) is 3. The first-order chi connectivity index (χ1) is 13.1. The van der Waals surface area contributed by atoms with Gasteiger partial charge in [-0.3, -0.25) is 4.79 Å². The fraction of sp³-hybridized carbons (Fsp3) is 0.105. The first-order valence-corrected chi connectivity index (χ1v) is 9.02. The van der Waals surface area contributed by atoms with E-state index in [1.807, 2.05) is 55.6 Å². The Bertz CT molecular complexity index is 1130. The van der Waals surface area contributed by atoms with Crippen LogP contribution in [0.15, 0.2) is 48.5 Å². The second kappa shape index (κ2) is 6.73. The van der Waals surface area contributed by atoms with Crippen molar-refractivity contribution < 1.29 is 9.53 Å². The molecule has 2 heterocycles. The van der Waals surface area contributed by atoms with Gasteiger partial charge in [-0.1, -0.05) is 23.5 Å². The Hall–Kier alpha value is -3.39. The first-order valence-electron chi connectivity index (χ1n) is 8.20. The maximum atomic E-state index is 13.0. The van der Waals surface area contributed by atoms with Crippen LogP contribution in [0.1, 0.15) is 15.5 Å². The molecule has 0 unspecified atom stereocenters. The third-order valence-electron chi connectivity index (χ3n) is 4.19. The largest absolute Gasteiger partial charge is 0.497 e. The van der Waals surface area contributed by atoms with E-state index >= 15 is 0 Å². The topological polar surface area (TPSA) is 95.1 Å². The van der Waals surface area contributed by atoms with Crippen LogP contribution in [-0.2, 0) is 7.05 Å². The fourth-order valence-corrected chi connectivity index (χ4v) is 3.64. The van der Waals surface area contributed by atoms with Crippen molar-refractivity contribution in [2.24, 2.45) is 7.05 Å². The third kappa shape index (κ3) is 3.11. The standard InChI is InChI=1S/C19H17N5O2S/c1-24-14-6-4-3-5-13(14)22-18(24)15(25)16-17(20)23-19(27-16)21-11-7-9-12(26-2)10-8-11/h3-10H,20H2,1-2H3,(H,21,23). The molecule has 0 saturated heterocycles. The summed E-state index contributed by atoms with van der Waals surface area (Å²) < 4.78 is 6.92. The van der Waals surface area contributed by atoms with Gasteiger partial charge in [-0.05, 0) is 36.4 Å². The molecule has 2 aromatic carbocycles. The van der Waals surface area contributed by atoms with Crippen molar-refractivity contribution in [2.75, 3.05) is 18.2 Å². The van der Waals surface area contributed by atoms with Gasteiger partial charge in [-0.2, -0.15) is 0 Å². The quantitative estimate of drug-likeness (QED) is 0.515. The molecule has 0 spiro atoms. The average Bonchev–Trinajstić information content (AvgIpc) is 3.22. The molecule has 0 atom stereocenters. The number of fused-ring (bicyclic) bond motifs is 1. The van der Waals surface area contributed by atoms with Crippen LogP contribution in [0.3, 0.4) is 0 Å². The van der Waals surface area contributed by atoms with Crippen molar-refractivity contribution in [2.45, 2.75) is 0 Å². The van der Waals surface area contributed by atoms with E-state index in [0.29, 0.717) is 15.8 Å². The average molecular weight is 379 g/mol. The van der Waals surface area contributed by atoms with Crippen LogP contribution in [-0.4, -0.2) is 27.4 Å². The molecular formula is C19H17N5O2S. The van der Waals surface area contributed by atoms with Gasteiger partial charge in [0, 0.05) is 12.7 Å². The summed E-state index contributed by atoms with van der Waals surface area (Å²) in [5, 5.41) is 3.70. The summed E-state index contributed by atoms with van der Waals surface area (Å²) in [6, 6.07) is 15.0. The number of nitrogen functional groups attached to an aromatic ring is 1. The van der Waals surface area contributed by atoms with Crippen molar-refractivity contribution in [1.29, 1.82) is 0 Å². The molecule has 7 nitrogen and oxygen atoms in total. The van der Waals surface area contributed by atoms with E-state index in [4.69, 9.17) is 10.5 Å². The molecular weight excluding hydrogens is 362 g/mol. The molecule has 8 heteroatoms. The summed E-state index contributed by atoms with van der Waals surface area (Å²) in [5.74, 6) is 1.04. The predicted molar refractivity (Wildman–Crippen MR) is 107 cm³/mol. The van der Waals surface area contributed by atoms with Gasteiger partial charge in [0.1, 0.15) is 16.4 Å². The minimum Gasteiger partial charge on any atom is -0.497 e. The van der Waals surface area contributed by atoms with Crippen LogP contribution in [0.5, 0.6) is 5.75 Å². The van der Waals surface area contributed by atoms with Crippen molar-refractivity contribution in [1.82, 2.24) is 14.5 Å². The van der Waals surface area contributed by atoms with Crippen LogP contribution in [0, 0.1) is 0 Å². The number of methoxy groups -OCH3 is 1. The van der Waals surface area contributed by atoms with E-state index in [1.165, 1.54) is 11.3 Å². The smallest absolute Gasteiger partial charge is 0.242 e. The molecule has 0 amide bonds. The van der Waals surface area contributed by atoms with Gasteiger partial charge in [0.15, 0.2) is 11.0 Å². The SMILES string of the molecule is COc1ccc(Nc2nc(N)c(C(=O)c3nc4ccccc4n3C)s2)cc1. The van der Waals surface area contributed by atoms with E-state index in [9.17, 15) is 4.79 Å². The number of imidazole rings is 1. The van der Waals surface area contributed by atoms with Crippen LogP contribution in [0.4, 0.5) is 16.6 Å². The van der Waals surface area contributed by atoms with Gasteiger partial charge in [-0.25, -0.2) is 9.97 Å². The molecule has 0 fully saturated rings. The molecule has 0 radical (unpaired) electrons. The zero-order valence-electron chi connectivity index (χ0n) is 14.8. The van der Waals surface area contributed by atoms with Crippen molar-refractivity contribution in [3.8, 4) is 5.75 Å². The van der Waals surface area contributed by atoms with Gasteiger partial charge >= 0.3 is 0 Å². The highest BCUT2D eigenvalue weighted by atomic mass is 32.1. The number of benzene rings is 2. The summed E-state index contributed by atoms with van der Waals surface area (Å²) in [6.07, 6.45) is 0. The number of thiazole rings is 1. The lowest BCUT2D eigenvalue weighted by molar-refractivity contribution is 0.103. The van der Waals surface area contributed by atoms with Crippen molar-refractivity contribution in [3.05, 3.63) is 59.2 Å². The third-order valence-corrected chi connectivity index (χ3v) is 5.18. The molecule has 0 saturated carbocycles. The molecule has 3 N–H and O–H groups in total. The summed E-state index contributed by atoms with van der Waals surface area (Å²) >= 11 is 1.20. The van der Waals surface area contributed by atoms with E-state index in [-0.39, 0.29) is 11.6 Å². The molecule has 2 aromatic heterocycles. The normalized spacial score (nSPS) is 10.9. The molecule has 27 heavy (non-hydrogen) atoms. The number of hydrogen-bond donors (Lipinski definition) is 2. The Morgan fingerprint density at radius 2 is 1.89 bits per heavy atom. The van der Waals surface area contributed by atoms with Gasteiger partial charge in [0.05, 0.1) is 18.1 Å². The minimum absolute atomic E-state index is 0.188. The van der Waals surface area contributed by atoms with E-state index in [0.717, 1.165) is 22.5 Å². The second-order valence-electron chi connectivity index (χ2n) is 5.90. The van der Waals surface area contributed by atoms with E-state index in [2.05, 4.69) is 15.3 Å². The fourth-order valence-electron chi connectivity index (χ4n) is 2.80. The molecule has 4 aromatic rings. The summed E-state index contributed by atoms with van der Waals surface area (Å²) in [6.45, 7) is 0. The number of anilines is 3. The number of hydrogen-bond acceptors (Lipinski definition) is 7. The minimum atomic E-state index is -0.244. The number of carbonyl (C=O) groups is 1. The number of ketones is 1. The molecule has 0 aliphatic rings. The summed E-state index contributed by atoms with van der Waals surface area (Å²) in [4.78, 5) is 22.1. The number of ether oxygens (including phenoxy) is 1. The van der Waals surface area contributed by atoms with Gasteiger partial charge in [0.25, 0.3) is 0 Å². The Labute approximate surface area is 159 Å². The van der Waals surface area contributed by atoms with Gasteiger partial charge in [0.2, 0.25) is 5.78 Å². The maximum Gasteiger partial charge on any atom is 0.242 e. The van der Waals surface area contributed by atoms with Gasteiger partial charge in [-0.15, -0.1) is 0 Å². The summed E-state index contributed by atoms with van der Waals surface area (Å²) in [5.41, 5.74) is 8.49.